The summed E-state index contributed by atoms with van der Waals surface area (Å²) in [5, 5.41) is 14.6. The zero-order valence-corrected chi connectivity index (χ0v) is 20.7. The Labute approximate surface area is 196 Å². The van der Waals surface area contributed by atoms with Gasteiger partial charge in [-0.1, -0.05) is 6.92 Å². The zero-order valence-electron chi connectivity index (χ0n) is 19.9. The molecule has 5 rings (SSSR count). The summed E-state index contributed by atoms with van der Waals surface area (Å²) >= 11 is 0. The van der Waals surface area contributed by atoms with E-state index in [2.05, 4.69) is 12.0 Å². The molecular formula is C25H37FN2O4S. The molecule has 1 aromatic rings. The van der Waals surface area contributed by atoms with Gasteiger partial charge in [0.05, 0.1) is 12.1 Å². The molecular weight excluding hydrogens is 443 g/mol. The van der Waals surface area contributed by atoms with E-state index >= 15 is 4.39 Å². The van der Waals surface area contributed by atoms with Gasteiger partial charge < -0.3 is 5.11 Å². The Hall–Kier alpha value is -1.28. The molecule has 4 aliphatic carbocycles. The van der Waals surface area contributed by atoms with E-state index in [4.69, 9.17) is 0 Å². The number of carbonyl (C=O) groups excluding carboxylic acids is 1. The van der Waals surface area contributed by atoms with Crippen LogP contribution in [0.2, 0.25) is 0 Å². The minimum atomic E-state index is -3.40. The van der Waals surface area contributed by atoms with Crippen LogP contribution in [-0.2, 0) is 21.2 Å². The Kier molecular flexibility index (Phi) is 5.59. The Morgan fingerprint density at radius 1 is 1.15 bits per heavy atom. The van der Waals surface area contributed by atoms with Crippen LogP contribution in [0.1, 0.15) is 65.2 Å². The molecule has 4 saturated carbocycles. The van der Waals surface area contributed by atoms with Crippen molar-refractivity contribution >= 4 is 15.6 Å². The number of aromatic nitrogens is 2. The van der Waals surface area contributed by atoms with E-state index in [9.17, 15) is 18.3 Å². The van der Waals surface area contributed by atoms with Gasteiger partial charge in [-0.3, -0.25) is 9.48 Å². The van der Waals surface area contributed by atoms with Crippen LogP contribution >= 0.6 is 0 Å². The maximum Gasteiger partial charge on any atom is 0.194 e. The van der Waals surface area contributed by atoms with Crippen LogP contribution in [-0.4, -0.2) is 47.1 Å². The number of carbonyl (C=O) groups is 1. The van der Waals surface area contributed by atoms with Gasteiger partial charge in [-0.15, -0.1) is 0 Å². The van der Waals surface area contributed by atoms with Crippen molar-refractivity contribution in [2.45, 2.75) is 88.6 Å². The van der Waals surface area contributed by atoms with Crippen LogP contribution in [0.5, 0.6) is 0 Å². The highest BCUT2D eigenvalue weighted by Crippen LogP contribution is 2.65. The maximum absolute atomic E-state index is 15.4. The smallest absolute Gasteiger partial charge is 0.194 e. The quantitative estimate of drug-likeness (QED) is 0.708. The molecule has 4 aliphatic rings. The molecule has 6 nitrogen and oxygen atoms in total. The number of aliphatic hydroxyl groups is 1. The summed E-state index contributed by atoms with van der Waals surface area (Å²) in [7, 11) is -3.40. The van der Waals surface area contributed by atoms with E-state index in [1.807, 2.05) is 6.92 Å². The highest BCUT2D eigenvalue weighted by atomic mass is 32.2. The fourth-order valence-electron chi connectivity index (χ4n) is 8.43. The van der Waals surface area contributed by atoms with Crippen molar-refractivity contribution in [3.63, 3.8) is 0 Å². The number of nitrogens with zero attached hydrogens (tertiary/aromatic N) is 2. The van der Waals surface area contributed by atoms with Gasteiger partial charge >= 0.3 is 0 Å². The van der Waals surface area contributed by atoms with Crippen molar-refractivity contribution in [2.75, 3.05) is 6.26 Å². The van der Waals surface area contributed by atoms with Crippen LogP contribution in [0.4, 0.5) is 4.39 Å². The third-order valence-electron chi connectivity index (χ3n) is 9.95. The SMILES string of the molecule is C[C@@]1(O)CC[C@@H]2[C@H]3CC[C@]4(C)[C@@H](C(=O)Cn5ccc(S(C)(=O)=O)n5)CC[C@H]4[C@@H]3C[C@@H](F)[C@H]2C1. The number of ketones is 1. The molecule has 0 aliphatic heterocycles. The van der Waals surface area contributed by atoms with E-state index in [-0.39, 0.29) is 34.6 Å². The molecule has 0 aromatic carbocycles. The van der Waals surface area contributed by atoms with Gasteiger partial charge in [0.1, 0.15) is 6.17 Å². The first-order chi connectivity index (χ1) is 15.4. The normalized spacial score (nSPS) is 45.2. The first kappa shape index (κ1) is 23.5. The second kappa shape index (κ2) is 7.87. The van der Waals surface area contributed by atoms with Gasteiger partial charge in [0.2, 0.25) is 0 Å². The predicted octanol–water partition coefficient (Wildman–Crippen LogP) is 3.82. The highest BCUT2D eigenvalue weighted by Gasteiger charge is 2.60. The monoisotopic (exact) mass is 480 g/mol. The molecule has 0 radical (unpaired) electrons. The summed E-state index contributed by atoms with van der Waals surface area (Å²) in [5.74, 6) is 1.55. The molecule has 0 amide bonds. The van der Waals surface area contributed by atoms with Gasteiger partial charge in [-0.05, 0) is 99.4 Å². The maximum atomic E-state index is 15.4. The molecule has 1 aromatic heterocycles. The summed E-state index contributed by atoms with van der Waals surface area (Å²) in [6, 6.07) is 1.44. The van der Waals surface area contributed by atoms with Crippen molar-refractivity contribution in [3.05, 3.63) is 12.3 Å². The number of sulfone groups is 1. The van der Waals surface area contributed by atoms with Crippen molar-refractivity contribution in [1.29, 1.82) is 0 Å². The van der Waals surface area contributed by atoms with Crippen molar-refractivity contribution in [2.24, 2.45) is 40.9 Å². The van der Waals surface area contributed by atoms with Crippen molar-refractivity contribution < 1.29 is 22.7 Å². The molecule has 4 fully saturated rings. The molecule has 33 heavy (non-hydrogen) atoms. The second-order valence-electron chi connectivity index (χ2n) is 12.0. The van der Waals surface area contributed by atoms with Crippen molar-refractivity contribution in [3.8, 4) is 0 Å². The third kappa shape index (κ3) is 3.99. The Bertz CT molecular complexity index is 1040. The minimum absolute atomic E-state index is 0.0106. The van der Waals surface area contributed by atoms with Gasteiger partial charge in [0.15, 0.2) is 20.6 Å². The molecule has 9 atom stereocenters. The fourth-order valence-corrected chi connectivity index (χ4v) is 8.99. The summed E-state index contributed by atoms with van der Waals surface area (Å²) in [6.45, 7) is 4.17. The Morgan fingerprint density at radius 2 is 1.85 bits per heavy atom. The summed E-state index contributed by atoms with van der Waals surface area (Å²) < 4.78 is 40.3. The molecule has 1 heterocycles. The Balaban J connectivity index is 1.32. The molecule has 1 N–H and O–H groups in total. The topological polar surface area (TPSA) is 89.3 Å². The lowest BCUT2D eigenvalue weighted by Gasteiger charge is -2.57. The Morgan fingerprint density at radius 3 is 2.55 bits per heavy atom. The van der Waals surface area contributed by atoms with Crippen LogP contribution in [0.25, 0.3) is 0 Å². The van der Waals surface area contributed by atoms with E-state index in [0.717, 1.165) is 44.8 Å². The van der Waals surface area contributed by atoms with Crippen LogP contribution in [0, 0.1) is 40.9 Å². The van der Waals surface area contributed by atoms with Gasteiger partial charge in [-0.25, -0.2) is 12.8 Å². The number of rotatable bonds is 4. The summed E-state index contributed by atoms with van der Waals surface area (Å²) in [4.78, 5) is 13.3. The van der Waals surface area contributed by atoms with Crippen LogP contribution in [0.3, 0.4) is 0 Å². The average molecular weight is 481 g/mol. The number of hydrogen-bond donors (Lipinski definition) is 1. The third-order valence-corrected chi connectivity index (χ3v) is 10.9. The first-order valence-electron chi connectivity index (χ1n) is 12.5. The van der Waals surface area contributed by atoms with E-state index < -0.39 is 21.6 Å². The first-order valence-corrected chi connectivity index (χ1v) is 14.4. The van der Waals surface area contributed by atoms with E-state index in [1.165, 1.54) is 10.7 Å². The zero-order chi connectivity index (χ0) is 23.8. The van der Waals surface area contributed by atoms with Gasteiger partial charge in [0.25, 0.3) is 0 Å². The van der Waals surface area contributed by atoms with Crippen LogP contribution < -0.4 is 0 Å². The lowest BCUT2D eigenvalue weighted by molar-refractivity contribution is -0.139. The molecule has 0 saturated heterocycles. The second-order valence-corrected chi connectivity index (χ2v) is 14.0. The van der Waals surface area contributed by atoms with Crippen LogP contribution in [0.15, 0.2) is 17.3 Å². The van der Waals surface area contributed by atoms with E-state index in [0.29, 0.717) is 36.5 Å². The number of Topliss-reactive ketones (excluding diaryl/α,β-unsaturated/α-hetero) is 1. The molecule has 0 unspecified atom stereocenters. The minimum Gasteiger partial charge on any atom is -0.390 e. The molecule has 8 heteroatoms. The fraction of sp³-hybridized carbons (Fsp3) is 0.840. The largest absolute Gasteiger partial charge is 0.390 e. The lowest BCUT2D eigenvalue weighted by Crippen LogP contribution is -2.54. The van der Waals surface area contributed by atoms with Gasteiger partial charge in [-0.2, -0.15) is 5.10 Å². The number of halogens is 1. The van der Waals surface area contributed by atoms with Crippen molar-refractivity contribution in [1.82, 2.24) is 9.78 Å². The lowest BCUT2D eigenvalue weighted by atomic mass is 9.48. The number of alkyl halides is 1. The standard InChI is InChI=1S/C25H37FN2O4S/c1-24(30)9-6-16-15-7-10-25(2)19(17(15)12-21(26)18(16)13-24)4-5-20(25)22(29)14-28-11-8-23(27-28)33(3,31)32/h8,11,15-21,30H,4-7,9-10,12-14H2,1-3H3/t15-,16-,17-,18+,19+,20-,21-,24-,25+/m1/s1. The number of fused-ring (bicyclic) bond motifs is 5. The predicted molar refractivity (Wildman–Crippen MR) is 122 cm³/mol. The molecule has 0 spiro atoms. The van der Waals surface area contributed by atoms with E-state index in [1.54, 1.807) is 6.20 Å². The number of hydrogen-bond acceptors (Lipinski definition) is 5. The molecule has 184 valence electrons. The molecule has 0 bridgehead atoms. The average Bonchev–Trinajstić information content (AvgIpc) is 3.32. The highest BCUT2D eigenvalue weighted by molar-refractivity contribution is 7.90. The summed E-state index contributed by atoms with van der Waals surface area (Å²) in [6.07, 6.45) is 8.43. The summed E-state index contributed by atoms with van der Waals surface area (Å²) in [5.41, 5.74) is -0.867. The van der Waals surface area contributed by atoms with Gasteiger partial charge in [0, 0.05) is 18.4 Å².